The smallest absolute Gasteiger partial charge is 0.257 e. The topological polar surface area (TPSA) is 50.4 Å². The molecule has 1 saturated carbocycles. The molecule has 2 aromatic carbocycles. The third-order valence-corrected chi connectivity index (χ3v) is 5.94. The van der Waals surface area contributed by atoms with Crippen molar-refractivity contribution >= 4 is 39.2 Å². The Morgan fingerprint density at radius 2 is 1.79 bits per heavy atom. The molecule has 2 N–H and O–H groups in total. The van der Waals surface area contributed by atoms with Crippen molar-refractivity contribution in [3.63, 3.8) is 0 Å². The van der Waals surface area contributed by atoms with Gasteiger partial charge in [-0.3, -0.25) is 10.1 Å². The molecule has 0 radical (unpaired) electrons. The van der Waals surface area contributed by atoms with Gasteiger partial charge in [0.2, 0.25) is 0 Å². The van der Waals surface area contributed by atoms with Gasteiger partial charge in [-0.2, -0.15) is 0 Å². The highest BCUT2D eigenvalue weighted by atomic mass is 79.9. The molecule has 0 saturated heterocycles. The number of carbonyl (C=O) groups excluding carboxylic acids is 1. The summed E-state index contributed by atoms with van der Waals surface area (Å²) >= 11 is 8.84. The van der Waals surface area contributed by atoms with Crippen molar-refractivity contribution < 1.29 is 9.53 Å². The molecule has 4 nitrogen and oxygen atoms in total. The number of halogens is 1. The number of carbonyl (C=O) groups is 1. The van der Waals surface area contributed by atoms with Gasteiger partial charge in [0.25, 0.3) is 5.91 Å². The zero-order valence-electron chi connectivity index (χ0n) is 16.5. The van der Waals surface area contributed by atoms with Crippen LogP contribution in [-0.2, 0) is 6.42 Å². The largest absolute Gasteiger partial charge is 0.492 e. The number of rotatable bonds is 6. The maximum absolute atomic E-state index is 12.5. The lowest BCUT2D eigenvalue weighted by atomic mass is 10.1. The first-order chi connectivity index (χ1) is 14.1. The molecule has 3 rings (SSSR count). The molecule has 1 fully saturated rings. The third kappa shape index (κ3) is 7.12. The minimum absolute atomic E-state index is 0.215. The standard InChI is InChI=1S/C23H27BrN2O2S/c24-20-16-18(12-13-21(20)28-15-14-17-8-4-3-5-9-17)22(27)26-23(29)25-19-10-6-1-2-7-11-19/h3-5,8-9,12-13,16,19H,1-2,6-7,10-11,14-15H2,(H2,25,26,27,29). The summed E-state index contributed by atoms with van der Waals surface area (Å²) in [5.74, 6) is 0.504. The van der Waals surface area contributed by atoms with Crippen molar-refractivity contribution in [2.24, 2.45) is 0 Å². The molecule has 0 heterocycles. The van der Waals surface area contributed by atoms with E-state index in [0.717, 1.165) is 29.5 Å². The normalized spacial score (nSPS) is 14.7. The van der Waals surface area contributed by atoms with Crippen LogP contribution >= 0.6 is 28.1 Å². The van der Waals surface area contributed by atoms with Gasteiger partial charge >= 0.3 is 0 Å². The first-order valence-corrected chi connectivity index (χ1v) is 11.4. The van der Waals surface area contributed by atoms with Gasteiger partial charge in [-0.15, -0.1) is 0 Å². The fraction of sp³-hybridized carbons (Fsp3) is 0.391. The number of amides is 1. The summed E-state index contributed by atoms with van der Waals surface area (Å²) in [7, 11) is 0. The number of thiocarbonyl (C=S) groups is 1. The van der Waals surface area contributed by atoms with E-state index in [1.54, 1.807) is 12.1 Å². The van der Waals surface area contributed by atoms with Crippen LogP contribution in [0.25, 0.3) is 0 Å². The van der Waals surface area contributed by atoms with Crippen LogP contribution in [0.2, 0.25) is 0 Å². The van der Waals surface area contributed by atoms with E-state index < -0.39 is 0 Å². The summed E-state index contributed by atoms with van der Waals surface area (Å²) < 4.78 is 6.60. The quantitative estimate of drug-likeness (QED) is 0.434. The van der Waals surface area contributed by atoms with Crippen molar-refractivity contribution in [3.8, 4) is 5.75 Å². The van der Waals surface area contributed by atoms with Crippen molar-refractivity contribution in [3.05, 3.63) is 64.1 Å². The van der Waals surface area contributed by atoms with Crippen molar-refractivity contribution in [1.82, 2.24) is 10.6 Å². The average Bonchev–Trinajstić information content (AvgIpc) is 2.98. The maximum atomic E-state index is 12.5. The number of ether oxygens (including phenoxy) is 1. The molecular formula is C23H27BrN2O2S. The summed E-state index contributed by atoms with van der Waals surface area (Å²) in [4.78, 5) is 12.5. The highest BCUT2D eigenvalue weighted by Gasteiger charge is 2.15. The van der Waals surface area contributed by atoms with Gasteiger partial charge in [-0.1, -0.05) is 56.0 Å². The van der Waals surface area contributed by atoms with Crippen LogP contribution in [-0.4, -0.2) is 23.7 Å². The van der Waals surface area contributed by atoms with Crippen LogP contribution < -0.4 is 15.4 Å². The Hall–Kier alpha value is -1.92. The van der Waals surface area contributed by atoms with Crippen LogP contribution in [0.5, 0.6) is 5.75 Å². The second kappa shape index (κ2) is 11.3. The molecular weight excluding hydrogens is 448 g/mol. The molecule has 0 aromatic heterocycles. The lowest BCUT2D eigenvalue weighted by Gasteiger charge is -2.18. The predicted octanol–water partition coefficient (Wildman–Crippen LogP) is 5.40. The van der Waals surface area contributed by atoms with Crippen molar-refractivity contribution in [2.75, 3.05) is 6.61 Å². The summed E-state index contributed by atoms with van der Waals surface area (Å²) in [5.41, 5.74) is 1.77. The van der Waals surface area contributed by atoms with E-state index in [1.165, 1.54) is 31.2 Å². The molecule has 0 spiro atoms. The summed E-state index contributed by atoms with van der Waals surface area (Å²) in [6.07, 6.45) is 8.04. The SMILES string of the molecule is O=C(NC(=S)NC1CCCCCC1)c1ccc(OCCc2ccccc2)c(Br)c1. The zero-order valence-corrected chi connectivity index (χ0v) is 18.9. The molecule has 154 valence electrons. The van der Waals surface area contributed by atoms with Gasteiger partial charge in [0.15, 0.2) is 5.11 Å². The number of hydrogen-bond acceptors (Lipinski definition) is 3. The molecule has 1 aliphatic carbocycles. The van der Waals surface area contributed by atoms with Crippen LogP contribution in [0.4, 0.5) is 0 Å². The second-order valence-electron chi connectivity index (χ2n) is 7.35. The number of nitrogens with one attached hydrogen (secondary N) is 2. The van der Waals surface area contributed by atoms with Crippen molar-refractivity contribution in [2.45, 2.75) is 51.0 Å². The van der Waals surface area contributed by atoms with Gasteiger partial charge in [-0.05, 0) is 64.8 Å². The fourth-order valence-corrected chi connectivity index (χ4v) is 4.26. The predicted molar refractivity (Wildman–Crippen MR) is 124 cm³/mol. The molecule has 1 amide bonds. The van der Waals surface area contributed by atoms with E-state index >= 15 is 0 Å². The summed E-state index contributed by atoms with van der Waals surface area (Å²) in [5, 5.41) is 6.49. The fourth-order valence-electron chi connectivity index (χ4n) is 3.50. The Morgan fingerprint density at radius 1 is 1.07 bits per heavy atom. The Labute approximate surface area is 186 Å². The molecule has 0 atom stereocenters. The van der Waals surface area contributed by atoms with Gasteiger partial charge in [-0.25, -0.2) is 0 Å². The molecule has 6 heteroatoms. The Morgan fingerprint density at radius 3 is 2.48 bits per heavy atom. The molecule has 29 heavy (non-hydrogen) atoms. The van der Waals surface area contributed by atoms with Crippen molar-refractivity contribution in [1.29, 1.82) is 0 Å². The molecule has 0 bridgehead atoms. The van der Waals surface area contributed by atoms with E-state index in [2.05, 4.69) is 38.7 Å². The van der Waals surface area contributed by atoms with E-state index in [-0.39, 0.29) is 5.91 Å². The lowest BCUT2D eigenvalue weighted by Crippen LogP contribution is -2.44. The molecule has 1 aliphatic rings. The van der Waals surface area contributed by atoms with E-state index in [1.807, 2.05) is 24.3 Å². The third-order valence-electron chi connectivity index (χ3n) is 5.10. The summed E-state index contributed by atoms with van der Waals surface area (Å²) in [6.45, 7) is 0.573. The molecule has 2 aromatic rings. The highest BCUT2D eigenvalue weighted by Crippen LogP contribution is 2.26. The van der Waals surface area contributed by atoms with Gasteiger partial charge in [0.05, 0.1) is 11.1 Å². The Bertz CT molecular complexity index is 821. The first-order valence-electron chi connectivity index (χ1n) is 10.2. The van der Waals surface area contributed by atoms with E-state index in [4.69, 9.17) is 17.0 Å². The monoisotopic (exact) mass is 474 g/mol. The molecule has 0 aliphatic heterocycles. The second-order valence-corrected chi connectivity index (χ2v) is 8.61. The summed E-state index contributed by atoms with van der Waals surface area (Å²) in [6, 6.07) is 15.9. The van der Waals surface area contributed by atoms with Crippen LogP contribution in [0, 0.1) is 0 Å². The average molecular weight is 475 g/mol. The number of hydrogen-bond donors (Lipinski definition) is 2. The van der Waals surface area contributed by atoms with Gasteiger partial charge < -0.3 is 10.1 Å². The zero-order chi connectivity index (χ0) is 20.5. The minimum atomic E-state index is -0.215. The maximum Gasteiger partial charge on any atom is 0.257 e. The Balaban J connectivity index is 1.49. The Kier molecular flexibility index (Phi) is 8.50. The number of benzene rings is 2. The lowest BCUT2D eigenvalue weighted by molar-refractivity contribution is 0.0976. The van der Waals surface area contributed by atoms with E-state index in [9.17, 15) is 4.79 Å². The van der Waals surface area contributed by atoms with E-state index in [0.29, 0.717) is 23.3 Å². The van der Waals surface area contributed by atoms with Crippen LogP contribution in [0.1, 0.15) is 54.4 Å². The van der Waals surface area contributed by atoms with Crippen LogP contribution in [0.3, 0.4) is 0 Å². The molecule has 0 unspecified atom stereocenters. The van der Waals surface area contributed by atoms with Crippen LogP contribution in [0.15, 0.2) is 53.0 Å². The van der Waals surface area contributed by atoms with Gasteiger partial charge in [0.1, 0.15) is 5.75 Å². The highest BCUT2D eigenvalue weighted by molar-refractivity contribution is 9.10. The first kappa shape index (κ1) is 21.8. The minimum Gasteiger partial charge on any atom is -0.492 e. The van der Waals surface area contributed by atoms with Gasteiger partial charge in [0, 0.05) is 18.0 Å².